The van der Waals surface area contributed by atoms with Crippen LogP contribution < -0.4 is 20.7 Å². The quantitative estimate of drug-likeness (QED) is 0.0657. The highest BCUT2D eigenvalue weighted by Crippen LogP contribution is 2.37. The lowest BCUT2D eigenvalue weighted by atomic mass is 9.80. The number of rotatable bonds is 19. The third-order valence-electron chi connectivity index (χ3n) is 13.1. The van der Waals surface area contributed by atoms with E-state index < -0.39 is 48.7 Å². The van der Waals surface area contributed by atoms with Crippen LogP contribution in [0.3, 0.4) is 0 Å². The van der Waals surface area contributed by atoms with Gasteiger partial charge in [-0.2, -0.15) is 0 Å². The second kappa shape index (κ2) is 23.0. The number of amides is 6. The van der Waals surface area contributed by atoms with E-state index in [9.17, 15) is 54.0 Å². The number of ether oxygens (including phenoxy) is 3. The number of carbonyl (C=O) groups excluding carboxylic acids is 6. The molecule has 384 valence electrons. The molecule has 0 saturated carbocycles. The maximum atomic E-state index is 13.4. The minimum atomic E-state index is -1.97. The summed E-state index contributed by atoms with van der Waals surface area (Å²) in [5.74, 6) is -3.43. The number of nitrogens with zero attached hydrogens (tertiary/aromatic N) is 3. The zero-order chi connectivity index (χ0) is 51.9. The van der Waals surface area contributed by atoms with Crippen LogP contribution in [0, 0.1) is 18.3 Å². The normalized spacial score (nSPS) is 22.7. The molecule has 6 amide bonds. The number of carbonyl (C=O) groups is 7. The lowest BCUT2D eigenvalue weighted by Gasteiger charge is -2.38. The molecule has 3 aromatic rings. The summed E-state index contributed by atoms with van der Waals surface area (Å²) in [7, 11) is 0. The Morgan fingerprint density at radius 1 is 0.833 bits per heavy atom. The third kappa shape index (κ3) is 12.9. The zero-order valence-corrected chi connectivity index (χ0v) is 40.7. The molecule has 4 aliphatic rings. The number of hydrogen-bond donors (Lipinski definition) is 7. The molecule has 4 heterocycles. The average Bonchev–Trinajstić information content (AvgIpc) is 3.86. The minimum absolute atomic E-state index is 0.0108. The molecule has 2 saturated heterocycles. The smallest absolute Gasteiger partial charge is 0.407 e. The number of carboxylic acids is 1. The number of fused-ring (bicyclic) bond motifs is 2. The summed E-state index contributed by atoms with van der Waals surface area (Å²) in [5, 5.41) is 48.7. The van der Waals surface area contributed by atoms with Crippen molar-refractivity contribution in [1.29, 1.82) is 0 Å². The van der Waals surface area contributed by atoms with E-state index in [2.05, 4.69) is 20.9 Å². The molecule has 7 rings (SSSR count). The number of aliphatic carboxylic acids is 1. The largest absolute Gasteiger partial charge is 0.479 e. The summed E-state index contributed by atoms with van der Waals surface area (Å²) >= 11 is 0. The Labute approximate surface area is 416 Å². The number of benzene rings is 3. The van der Waals surface area contributed by atoms with Crippen LogP contribution in [0.1, 0.15) is 98.3 Å². The number of aliphatic imine (C=N–C) groups is 1. The van der Waals surface area contributed by atoms with Crippen LogP contribution in [0.15, 0.2) is 71.9 Å². The Bertz CT molecular complexity index is 2610. The van der Waals surface area contributed by atoms with Gasteiger partial charge in [-0.25, -0.2) is 9.59 Å². The summed E-state index contributed by atoms with van der Waals surface area (Å²) in [6, 6.07) is 17.5. The van der Waals surface area contributed by atoms with Crippen LogP contribution in [0.4, 0.5) is 16.2 Å². The molecule has 2 unspecified atom stereocenters. The maximum Gasteiger partial charge on any atom is 0.407 e. The molecular weight excluding hydrogens is 933 g/mol. The van der Waals surface area contributed by atoms with Gasteiger partial charge in [0.2, 0.25) is 29.9 Å². The van der Waals surface area contributed by atoms with Crippen LogP contribution >= 0.6 is 0 Å². The van der Waals surface area contributed by atoms with E-state index in [1.165, 1.54) is 23.1 Å². The van der Waals surface area contributed by atoms with Crippen molar-refractivity contribution < 1.29 is 68.2 Å². The first-order valence-corrected chi connectivity index (χ1v) is 24.1. The van der Waals surface area contributed by atoms with E-state index in [0.29, 0.717) is 55.5 Å². The van der Waals surface area contributed by atoms with Crippen LogP contribution in [0.2, 0.25) is 0 Å². The monoisotopic (exact) mass is 994 g/mol. The summed E-state index contributed by atoms with van der Waals surface area (Å²) in [5.41, 5.74) is 5.24. The highest BCUT2D eigenvalue weighted by Gasteiger charge is 2.48. The minimum Gasteiger partial charge on any atom is -0.479 e. The number of carboxylic acid groups (broad SMARTS) is 1. The molecule has 20 heteroatoms. The number of imide groups is 1. The predicted molar refractivity (Wildman–Crippen MR) is 261 cm³/mol. The van der Waals surface area contributed by atoms with Crippen molar-refractivity contribution in [3.05, 3.63) is 94.7 Å². The van der Waals surface area contributed by atoms with E-state index in [4.69, 9.17) is 14.2 Å². The van der Waals surface area contributed by atoms with E-state index in [0.717, 1.165) is 22.3 Å². The number of alkyl carbamates (subject to hydrolysis) is 1. The molecule has 0 aliphatic carbocycles. The van der Waals surface area contributed by atoms with Gasteiger partial charge >= 0.3 is 12.1 Å². The fourth-order valence-corrected chi connectivity index (χ4v) is 8.88. The molecule has 0 radical (unpaired) electrons. The highest BCUT2D eigenvalue weighted by atomic mass is 16.7. The van der Waals surface area contributed by atoms with Gasteiger partial charge in [0.15, 0.2) is 6.10 Å². The van der Waals surface area contributed by atoms with E-state index >= 15 is 0 Å². The average molecular weight is 995 g/mol. The number of unbranched alkanes of at least 4 members (excludes halogenated alkanes) is 2. The van der Waals surface area contributed by atoms with Crippen molar-refractivity contribution >= 4 is 64.8 Å². The van der Waals surface area contributed by atoms with Gasteiger partial charge in [-0.1, -0.05) is 63.6 Å². The summed E-state index contributed by atoms with van der Waals surface area (Å²) in [6.45, 7) is 8.00. The zero-order valence-electron chi connectivity index (χ0n) is 40.7. The molecule has 2 fully saturated rings. The number of hydrogen-bond acceptors (Lipinski definition) is 14. The van der Waals surface area contributed by atoms with Crippen molar-refractivity contribution in [3.63, 3.8) is 0 Å². The third-order valence-corrected chi connectivity index (χ3v) is 13.1. The SMILES string of the molecule is Cc1ccc2c(c1)N=C[C@@H]1CC(c3ccc(CCNC(=O)OCc4ccc(O[C@@H]5OC(C(=O)O)[C@@H](O)[C@H](O)C5O)c(NC(=O)CCNC(=O)CCCCCN5C(=O)C[C@@H](C(C)(C)C)C5=O)c4)cc3)=CN1C2=O. The molecule has 0 spiro atoms. The second-order valence-corrected chi connectivity index (χ2v) is 19.5. The number of aliphatic hydroxyl groups excluding tert-OH is 3. The Balaban J connectivity index is 0.883. The second-order valence-electron chi connectivity index (χ2n) is 19.5. The standard InChI is InChI=1S/C52H62N6O14/c1-29-9-15-35-37(22-29)55-26-34-24-33(27-58(34)47(35)65)32-13-10-30(11-14-32)17-19-54-51(69)70-28-31-12-16-39(71-50-45(64)43(62)44(63)46(72-50)49(67)68)38(23-31)56-41(60)18-20-53-40(59)8-6-5-7-21-57-42(61)25-36(48(57)66)52(2,3)4/h9-16,22-23,26-27,34,36,43-46,50,62-64H,5-8,17-21,24-25,28H2,1-4H3,(H,53,59)(H,54,69)(H,56,60)(H,67,68)/t34-,36+,43-,44-,45?,46?,50+/m0/s1. The Hall–Kier alpha value is -7.00. The van der Waals surface area contributed by atoms with Crippen LogP contribution in [-0.2, 0) is 46.5 Å². The predicted octanol–water partition coefficient (Wildman–Crippen LogP) is 4.13. The first kappa shape index (κ1) is 52.8. The summed E-state index contributed by atoms with van der Waals surface area (Å²) in [4.78, 5) is 96.5. The number of anilines is 1. The molecule has 72 heavy (non-hydrogen) atoms. The molecule has 0 bridgehead atoms. The molecular formula is C52H62N6O14. The molecule has 20 nitrogen and oxygen atoms in total. The van der Waals surface area contributed by atoms with Gasteiger partial charge in [0, 0.05) is 57.7 Å². The van der Waals surface area contributed by atoms with Crippen LogP contribution in [0.25, 0.3) is 5.57 Å². The fourth-order valence-electron chi connectivity index (χ4n) is 8.88. The van der Waals surface area contributed by atoms with Crippen molar-refractivity contribution in [1.82, 2.24) is 20.4 Å². The van der Waals surface area contributed by atoms with Gasteiger partial charge in [0.05, 0.1) is 28.9 Å². The van der Waals surface area contributed by atoms with Crippen molar-refractivity contribution in [2.75, 3.05) is 25.0 Å². The Morgan fingerprint density at radius 2 is 1.58 bits per heavy atom. The lowest BCUT2D eigenvalue weighted by molar-refractivity contribution is -0.271. The molecule has 7 atom stereocenters. The van der Waals surface area contributed by atoms with E-state index in [1.54, 1.807) is 4.90 Å². The van der Waals surface area contributed by atoms with Crippen LogP contribution in [0.5, 0.6) is 5.75 Å². The highest BCUT2D eigenvalue weighted by molar-refractivity contribution is 6.05. The molecule has 4 aliphatic heterocycles. The summed E-state index contributed by atoms with van der Waals surface area (Å²) < 4.78 is 16.5. The fraction of sp³-hybridized carbons (Fsp3) is 0.462. The number of likely N-dealkylation sites (tertiary alicyclic amines) is 1. The number of aliphatic hydroxyl groups is 3. The van der Waals surface area contributed by atoms with Gasteiger partial charge < -0.3 is 55.5 Å². The lowest BCUT2D eigenvalue weighted by Crippen LogP contribution is -2.61. The van der Waals surface area contributed by atoms with E-state index in [1.807, 2.05) is 82.6 Å². The first-order chi connectivity index (χ1) is 34.3. The van der Waals surface area contributed by atoms with Crippen molar-refractivity contribution in [2.45, 2.75) is 122 Å². The van der Waals surface area contributed by atoms with Crippen molar-refractivity contribution in [3.8, 4) is 5.75 Å². The van der Waals surface area contributed by atoms with E-state index in [-0.39, 0.29) is 91.4 Å². The molecule has 0 aromatic heterocycles. The number of aryl methyl sites for hydroxylation is 1. The molecule has 3 aromatic carbocycles. The topological polar surface area (TPSA) is 283 Å². The van der Waals surface area contributed by atoms with Gasteiger partial charge in [0.1, 0.15) is 30.7 Å². The number of nitrogens with one attached hydrogen (secondary N) is 3. The first-order valence-electron chi connectivity index (χ1n) is 24.1. The van der Waals surface area contributed by atoms with Gasteiger partial charge in [0.25, 0.3) is 5.91 Å². The molecule has 7 N–H and O–H groups in total. The van der Waals surface area contributed by atoms with Gasteiger partial charge in [-0.05, 0) is 83.7 Å². The Morgan fingerprint density at radius 3 is 2.31 bits per heavy atom. The van der Waals surface area contributed by atoms with Crippen molar-refractivity contribution in [2.24, 2.45) is 16.3 Å². The van der Waals surface area contributed by atoms with Gasteiger partial charge in [-0.15, -0.1) is 0 Å². The van der Waals surface area contributed by atoms with Gasteiger partial charge in [-0.3, -0.25) is 33.9 Å². The maximum absolute atomic E-state index is 13.4. The van der Waals surface area contributed by atoms with Crippen LogP contribution in [-0.4, -0.2) is 134 Å². The Kier molecular flexibility index (Phi) is 16.9. The summed E-state index contributed by atoms with van der Waals surface area (Å²) in [6.07, 6.45) is -3.65.